The van der Waals surface area contributed by atoms with Crippen molar-refractivity contribution in [2.75, 3.05) is 0 Å². The van der Waals surface area contributed by atoms with Crippen molar-refractivity contribution in [2.24, 2.45) is 5.92 Å². The van der Waals surface area contributed by atoms with Crippen LogP contribution < -0.4 is 0 Å². The number of alkyl halides is 3. The predicted molar refractivity (Wildman–Crippen MR) is 67.3 cm³/mol. The SMILES string of the molecule is O=C(c1cc(C(F)(F)F)cc(Cl)c1F)C1CCCCC1. The summed E-state index contributed by atoms with van der Waals surface area (Å²) in [5.74, 6) is -2.04. The highest BCUT2D eigenvalue weighted by molar-refractivity contribution is 6.31. The van der Waals surface area contributed by atoms with Gasteiger partial charge < -0.3 is 0 Å². The molecule has 0 atom stereocenters. The van der Waals surface area contributed by atoms with Crippen molar-refractivity contribution in [1.29, 1.82) is 0 Å². The number of halogens is 5. The van der Waals surface area contributed by atoms with Gasteiger partial charge in [-0.1, -0.05) is 30.9 Å². The summed E-state index contributed by atoms with van der Waals surface area (Å²) >= 11 is 5.48. The molecule has 1 aromatic carbocycles. The second-order valence-electron chi connectivity index (χ2n) is 5.02. The molecule has 0 radical (unpaired) electrons. The van der Waals surface area contributed by atoms with Crippen molar-refractivity contribution in [3.8, 4) is 0 Å². The van der Waals surface area contributed by atoms with E-state index in [1.807, 2.05) is 0 Å². The first-order chi connectivity index (χ1) is 9.30. The van der Waals surface area contributed by atoms with E-state index in [0.29, 0.717) is 25.0 Å². The van der Waals surface area contributed by atoms with Gasteiger partial charge in [0.05, 0.1) is 16.1 Å². The van der Waals surface area contributed by atoms with Gasteiger partial charge in [0.15, 0.2) is 11.6 Å². The maximum atomic E-state index is 13.9. The first kappa shape index (κ1) is 15.3. The Bertz CT molecular complexity index is 519. The molecule has 0 aromatic heterocycles. The zero-order chi connectivity index (χ0) is 14.9. The third kappa shape index (κ3) is 3.14. The van der Waals surface area contributed by atoms with E-state index in [4.69, 9.17) is 11.6 Å². The highest BCUT2D eigenvalue weighted by atomic mass is 35.5. The van der Waals surface area contributed by atoms with Crippen LogP contribution in [-0.2, 0) is 6.18 Å². The topological polar surface area (TPSA) is 17.1 Å². The molecule has 20 heavy (non-hydrogen) atoms. The van der Waals surface area contributed by atoms with Gasteiger partial charge in [-0.2, -0.15) is 13.2 Å². The van der Waals surface area contributed by atoms with Gasteiger partial charge in [-0.05, 0) is 25.0 Å². The molecule has 0 unspecified atom stereocenters. The van der Waals surface area contributed by atoms with E-state index < -0.39 is 39.8 Å². The Morgan fingerprint density at radius 2 is 1.75 bits per heavy atom. The number of carbonyl (C=O) groups is 1. The van der Waals surface area contributed by atoms with E-state index in [1.165, 1.54) is 0 Å². The monoisotopic (exact) mass is 308 g/mol. The summed E-state index contributed by atoms with van der Waals surface area (Å²) in [5, 5.41) is -0.668. The van der Waals surface area contributed by atoms with Gasteiger partial charge in [-0.3, -0.25) is 4.79 Å². The fraction of sp³-hybridized carbons (Fsp3) is 0.500. The maximum absolute atomic E-state index is 13.9. The molecule has 0 spiro atoms. The van der Waals surface area contributed by atoms with Crippen molar-refractivity contribution < 1.29 is 22.4 Å². The Hall–Kier alpha value is -1.10. The van der Waals surface area contributed by atoms with Crippen molar-refractivity contribution in [2.45, 2.75) is 38.3 Å². The summed E-state index contributed by atoms with van der Waals surface area (Å²) in [7, 11) is 0. The standard InChI is InChI=1S/C14H13ClF4O/c15-11-7-9(14(17,18)19)6-10(12(11)16)13(20)8-4-2-1-3-5-8/h6-8H,1-5H2. The minimum absolute atomic E-state index is 0.405. The van der Waals surface area contributed by atoms with Crippen LogP contribution >= 0.6 is 11.6 Å². The van der Waals surface area contributed by atoms with Gasteiger partial charge in [-0.25, -0.2) is 4.39 Å². The Morgan fingerprint density at radius 1 is 1.15 bits per heavy atom. The second kappa shape index (κ2) is 5.72. The van der Waals surface area contributed by atoms with Crippen LogP contribution in [0.5, 0.6) is 0 Å². The molecule has 110 valence electrons. The summed E-state index contributed by atoms with van der Waals surface area (Å²) in [5.41, 5.74) is -1.64. The van der Waals surface area contributed by atoms with Gasteiger partial charge in [-0.15, -0.1) is 0 Å². The number of rotatable bonds is 2. The first-order valence-corrected chi connectivity index (χ1v) is 6.79. The molecule has 0 amide bonds. The van der Waals surface area contributed by atoms with Crippen molar-refractivity contribution in [3.05, 3.63) is 34.1 Å². The van der Waals surface area contributed by atoms with Crippen molar-refractivity contribution in [1.82, 2.24) is 0 Å². The Kier molecular flexibility index (Phi) is 4.37. The zero-order valence-electron chi connectivity index (χ0n) is 10.6. The van der Waals surface area contributed by atoms with Gasteiger partial charge in [0, 0.05) is 5.92 Å². The van der Waals surface area contributed by atoms with Gasteiger partial charge in [0.25, 0.3) is 0 Å². The normalized spacial score (nSPS) is 17.2. The van der Waals surface area contributed by atoms with Crippen LogP contribution in [0.4, 0.5) is 17.6 Å². The van der Waals surface area contributed by atoms with E-state index in [9.17, 15) is 22.4 Å². The lowest BCUT2D eigenvalue weighted by Gasteiger charge is -2.21. The average molecular weight is 309 g/mol. The smallest absolute Gasteiger partial charge is 0.294 e. The van der Waals surface area contributed by atoms with Crippen molar-refractivity contribution in [3.63, 3.8) is 0 Å². The quantitative estimate of drug-likeness (QED) is 0.538. The van der Waals surface area contributed by atoms with E-state index in [-0.39, 0.29) is 0 Å². The highest BCUT2D eigenvalue weighted by Crippen LogP contribution is 2.35. The Balaban J connectivity index is 2.39. The summed E-state index contributed by atoms with van der Waals surface area (Å²) < 4.78 is 51.9. The van der Waals surface area contributed by atoms with Crippen LogP contribution in [0.25, 0.3) is 0 Å². The largest absolute Gasteiger partial charge is 0.416 e. The lowest BCUT2D eigenvalue weighted by molar-refractivity contribution is -0.137. The number of carbonyl (C=O) groups excluding carboxylic acids is 1. The van der Waals surface area contributed by atoms with E-state index in [2.05, 4.69) is 0 Å². The molecule has 0 N–H and O–H groups in total. The van der Waals surface area contributed by atoms with Crippen LogP contribution in [0.15, 0.2) is 12.1 Å². The van der Waals surface area contributed by atoms with Gasteiger partial charge in [0.1, 0.15) is 0 Å². The number of hydrogen-bond acceptors (Lipinski definition) is 1. The average Bonchev–Trinajstić information content (AvgIpc) is 2.40. The maximum Gasteiger partial charge on any atom is 0.416 e. The highest BCUT2D eigenvalue weighted by Gasteiger charge is 2.34. The molecule has 2 rings (SSSR count). The minimum Gasteiger partial charge on any atom is -0.294 e. The molecule has 0 bridgehead atoms. The minimum atomic E-state index is -4.65. The third-order valence-corrected chi connectivity index (χ3v) is 3.87. The van der Waals surface area contributed by atoms with Crippen LogP contribution in [0.2, 0.25) is 5.02 Å². The van der Waals surface area contributed by atoms with Gasteiger partial charge >= 0.3 is 6.18 Å². The summed E-state index contributed by atoms with van der Waals surface area (Å²) in [6.07, 6.45) is -0.803. The Morgan fingerprint density at radius 3 is 2.30 bits per heavy atom. The molecule has 1 nitrogen and oxygen atoms in total. The first-order valence-electron chi connectivity index (χ1n) is 6.41. The van der Waals surface area contributed by atoms with Gasteiger partial charge in [0.2, 0.25) is 0 Å². The molecule has 6 heteroatoms. The van der Waals surface area contributed by atoms with Crippen molar-refractivity contribution >= 4 is 17.4 Å². The number of Topliss-reactive ketones (excluding diaryl/α,β-unsaturated/α-hetero) is 1. The second-order valence-corrected chi connectivity index (χ2v) is 5.42. The zero-order valence-corrected chi connectivity index (χ0v) is 11.3. The number of ketones is 1. The molecule has 0 heterocycles. The van der Waals surface area contributed by atoms with Crippen LogP contribution in [0.1, 0.15) is 48.0 Å². The number of benzene rings is 1. The summed E-state index contributed by atoms with van der Waals surface area (Å²) in [6, 6.07) is 1.08. The van der Waals surface area contributed by atoms with E-state index >= 15 is 0 Å². The third-order valence-electron chi connectivity index (χ3n) is 3.60. The number of hydrogen-bond donors (Lipinski definition) is 0. The fourth-order valence-electron chi connectivity index (χ4n) is 2.52. The molecule has 1 saturated carbocycles. The molecule has 1 aromatic rings. The van der Waals surface area contributed by atoms with Crippen LogP contribution in [0.3, 0.4) is 0 Å². The Labute approximate surface area is 118 Å². The molecule has 1 aliphatic rings. The molecule has 0 saturated heterocycles. The lowest BCUT2D eigenvalue weighted by atomic mass is 9.83. The van der Waals surface area contributed by atoms with E-state index in [1.54, 1.807) is 0 Å². The summed E-state index contributed by atoms with van der Waals surface area (Å²) in [6.45, 7) is 0. The molecular weight excluding hydrogens is 296 g/mol. The van der Waals surface area contributed by atoms with Crippen LogP contribution in [-0.4, -0.2) is 5.78 Å². The molecular formula is C14H13ClF4O. The lowest BCUT2D eigenvalue weighted by Crippen LogP contribution is -2.20. The van der Waals surface area contributed by atoms with E-state index in [0.717, 1.165) is 19.3 Å². The molecule has 1 aliphatic carbocycles. The predicted octanol–water partition coefficient (Wildman–Crippen LogP) is 5.26. The van der Waals surface area contributed by atoms with Crippen LogP contribution in [0, 0.1) is 11.7 Å². The summed E-state index contributed by atoms with van der Waals surface area (Å²) in [4.78, 5) is 12.2. The molecule has 0 aliphatic heterocycles. The fourth-order valence-corrected chi connectivity index (χ4v) is 2.74. The molecule has 1 fully saturated rings.